The van der Waals surface area contributed by atoms with Crippen LogP contribution in [0.4, 0.5) is 4.79 Å². The summed E-state index contributed by atoms with van der Waals surface area (Å²) in [5.74, 6) is -1.96. The third-order valence-corrected chi connectivity index (χ3v) is 6.33. The third-order valence-electron chi connectivity index (χ3n) is 6.33. The van der Waals surface area contributed by atoms with E-state index in [1.807, 2.05) is 36.4 Å². The fraction of sp³-hybridized carbons (Fsp3) is 0.391. The van der Waals surface area contributed by atoms with Crippen LogP contribution in [0.25, 0.3) is 11.1 Å². The highest BCUT2D eigenvalue weighted by Gasteiger charge is 2.60. The molecule has 0 aliphatic heterocycles. The lowest BCUT2D eigenvalue weighted by Gasteiger charge is -2.51. The van der Waals surface area contributed by atoms with Crippen molar-refractivity contribution in [2.45, 2.75) is 24.5 Å². The van der Waals surface area contributed by atoms with Crippen LogP contribution < -0.4 is 5.32 Å². The molecule has 2 aliphatic rings. The zero-order chi connectivity index (χ0) is 21.4. The van der Waals surface area contributed by atoms with E-state index in [0.29, 0.717) is 0 Å². The van der Waals surface area contributed by atoms with Crippen LogP contribution in [-0.4, -0.2) is 50.3 Å². The smallest absolute Gasteiger partial charge is 0.407 e. The van der Waals surface area contributed by atoms with Crippen molar-refractivity contribution in [2.24, 2.45) is 5.41 Å². The van der Waals surface area contributed by atoms with Crippen LogP contribution in [0, 0.1) is 5.41 Å². The largest absolute Gasteiger partial charge is 0.481 e. The number of benzene rings is 2. The summed E-state index contributed by atoms with van der Waals surface area (Å²) in [5, 5.41) is 12.2. The quantitative estimate of drug-likeness (QED) is 0.679. The molecule has 0 atom stereocenters. The van der Waals surface area contributed by atoms with E-state index in [0.717, 1.165) is 22.3 Å². The predicted octanol–water partition coefficient (Wildman–Crippen LogP) is 3.38. The molecule has 2 aliphatic carbocycles. The van der Waals surface area contributed by atoms with E-state index in [2.05, 4.69) is 17.4 Å². The number of carboxylic acid groups (broad SMARTS) is 1. The molecule has 158 valence electrons. The molecule has 0 aromatic heterocycles. The molecule has 2 aromatic rings. The predicted molar refractivity (Wildman–Crippen MR) is 109 cm³/mol. The summed E-state index contributed by atoms with van der Waals surface area (Å²) in [6, 6.07) is 16.2. The van der Waals surface area contributed by atoms with Crippen molar-refractivity contribution in [1.29, 1.82) is 0 Å². The first-order valence-corrected chi connectivity index (χ1v) is 9.86. The summed E-state index contributed by atoms with van der Waals surface area (Å²) < 4.78 is 16.1. The Morgan fingerprint density at radius 2 is 1.53 bits per heavy atom. The van der Waals surface area contributed by atoms with Gasteiger partial charge in [0.05, 0.1) is 5.41 Å². The zero-order valence-electron chi connectivity index (χ0n) is 17.0. The summed E-state index contributed by atoms with van der Waals surface area (Å²) in [5.41, 5.74) is 3.42. The maximum atomic E-state index is 12.3. The fourth-order valence-corrected chi connectivity index (χ4v) is 4.59. The first kappa shape index (κ1) is 20.4. The lowest BCUT2D eigenvalue weighted by molar-refractivity contribution is -0.293. The molecule has 0 unspecified atom stereocenters. The van der Waals surface area contributed by atoms with Crippen molar-refractivity contribution in [3.63, 3.8) is 0 Å². The minimum absolute atomic E-state index is 0.0464. The first-order chi connectivity index (χ1) is 14.4. The Morgan fingerprint density at radius 3 is 2.03 bits per heavy atom. The van der Waals surface area contributed by atoms with Crippen LogP contribution in [0.1, 0.15) is 29.9 Å². The molecule has 0 heterocycles. The minimum atomic E-state index is -1.13. The average Bonchev–Trinajstić information content (AvgIpc) is 3.06. The molecule has 0 spiro atoms. The number of fused-ring (bicyclic) bond motifs is 3. The molecular formula is C23H25NO6. The number of carbonyl (C=O) groups is 2. The Bertz CT molecular complexity index is 914. The Kier molecular flexibility index (Phi) is 5.26. The van der Waals surface area contributed by atoms with Gasteiger partial charge in [0, 0.05) is 39.5 Å². The van der Waals surface area contributed by atoms with Crippen LogP contribution in [0.15, 0.2) is 48.5 Å². The van der Waals surface area contributed by atoms with E-state index in [-0.39, 0.29) is 31.9 Å². The van der Waals surface area contributed by atoms with Crippen LogP contribution in [0.5, 0.6) is 0 Å². The molecule has 1 saturated carbocycles. The number of nitrogens with one attached hydrogen (secondary N) is 1. The third kappa shape index (κ3) is 3.34. The molecular weight excluding hydrogens is 386 g/mol. The summed E-state index contributed by atoms with van der Waals surface area (Å²) in [7, 11) is 2.96. The molecule has 7 heteroatoms. The topological polar surface area (TPSA) is 94.1 Å². The number of hydrogen-bond acceptors (Lipinski definition) is 5. The van der Waals surface area contributed by atoms with Gasteiger partial charge in [-0.25, -0.2) is 4.79 Å². The molecule has 7 nitrogen and oxygen atoms in total. The summed E-state index contributed by atoms with van der Waals surface area (Å²) in [6.45, 7) is 0.132. The van der Waals surface area contributed by atoms with Gasteiger partial charge >= 0.3 is 12.1 Å². The average molecular weight is 411 g/mol. The molecule has 1 fully saturated rings. The van der Waals surface area contributed by atoms with E-state index in [1.165, 1.54) is 14.2 Å². The Morgan fingerprint density at radius 1 is 1.00 bits per heavy atom. The van der Waals surface area contributed by atoms with Gasteiger partial charge in [0.15, 0.2) is 5.79 Å². The highest BCUT2D eigenvalue weighted by atomic mass is 16.7. The Labute approximate surface area is 174 Å². The number of hydrogen-bond donors (Lipinski definition) is 2. The summed E-state index contributed by atoms with van der Waals surface area (Å²) >= 11 is 0. The van der Waals surface area contributed by atoms with Gasteiger partial charge in [0.1, 0.15) is 6.61 Å². The van der Waals surface area contributed by atoms with E-state index in [9.17, 15) is 14.7 Å². The highest BCUT2D eigenvalue weighted by molar-refractivity contribution is 5.79. The van der Waals surface area contributed by atoms with Crippen LogP contribution in [-0.2, 0) is 19.0 Å². The van der Waals surface area contributed by atoms with Crippen LogP contribution >= 0.6 is 0 Å². The van der Waals surface area contributed by atoms with E-state index >= 15 is 0 Å². The van der Waals surface area contributed by atoms with Gasteiger partial charge in [-0.1, -0.05) is 48.5 Å². The number of carboxylic acids is 1. The maximum absolute atomic E-state index is 12.3. The number of amides is 1. The highest BCUT2D eigenvalue weighted by Crippen LogP contribution is 2.51. The van der Waals surface area contributed by atoms with Gasteiger partial charge in [-0.05, 0) is 22.3 Å². The standard InChI is InChI=1S/C23H25NO6/c1-28-23(29-2)12-22(13-23,20(25)26)14-24-21(27)30-11-19-17-9-5-3-7-15(17)16-8-4-6-10-18(16)19/h3-10,19H,11-14H2,1-2H3,(H,24,27)(H,25,26). The lowest BCUT2D eigenvalue weighted by Crippen LogP contribution is -2.61. The molecule has 0 saturated heterocycles. The summed E-state index contributed by atoms with van der Waals surface area (Å²) in [6.07, 6.45) is -0.317. The van der Waals surface area contributed by atoms with Crippen LogP contribution in [0.3, 0.4) is 0 Å². The van der Waals surface area contributed by atoms with Gasteiger partial charge in [-0.2, -0.15) is 0 Å². The van der Waals surface area contributed by atoms with Crippen molar-refractivity contribution in [2.75, 3.05) is 27.4 Å². The Hall–Kier alpha value is -2.90. The molecule has 2 aromatic carbocycles. The molecule has 2 N–H and O–H groups in total. The van der Waals surface area contributed by atoms with Crippen molar-refractivity contribution < 1.29 is 28.9 Å². The van der Waals surface area contributed by atoms with Gasteiger partial charge in [-0.3, -0.25) is 4.79 Å². The minimum Gasteiger partial charge on any atom is -0.481 e. The molecule has 4 rings (SSSR count). The second-order valence-electron chi connectivity index (χ2n) is 7.94. The van der Waals surface area contributed by atoms with Crippen molar-refractivity contribution >= 4 is 12.1 Å². The number of carbonyl (C=O) groups excluding carboxylic acids is 1. The molecule has 30 heavy (non-hydrogen) atoms. The second-order valence-corrected chi connectivity index (χ2v) is 7.94. The van der Waals surface area contributed by atoms with Crippen molar-refractivity contribution in [3.8, 4) is 11.1 Å². The number of rotatable bonds is 7. The number of aliphatic carboxylic acids is 1. The van der Waals surface area contributed by atoms with E-state index in [4.69, 9.17) is 14.2 Å². The Balaban J connectivity index is 1.38. The van der Waals surface area contributed by atoms with Crippen molar-refractivity contribution in [3.05, 3.63) is 59.7 Å². The molecule has 0 radical (unpaired) electrons. The number of ether oxygens (including phenoxy) is 3. The van der Waals surface area contributed by atoms with E-state index < -0.39 is 23.3 Å². The van der Waals surface area contributed by atoms with Gasteiger partial charge in [0.2, 0.25) is 0 Å². The summed E-state index contributed by atoms with van der Waals surface area (Å²) in [4.78, 5) is 24.1. The number of methoxy groups -OCH3 is 2. The molecule has 1 amide bonds. The van der Waals surface area contributed by atoms with E-state index in [1.54, 1.807) is 0 Å². The van der Waals surface area contributed by atoms with Gasteiger partial charge in [-0.15, -0.1) is 0 Å². The lowest BCUT2D eigenvalue weighted by atomic mass is 9.64. The normalized spacial score (nSPS) is 18.1. The first-order valence-electron chi connectivity index (χ1n) is 9.86. The van der Waals surface area contributed by atoms with Crippen molar-refractivity contribution in [1.82, 2.24) is 5.32 Å². The molecule has 0 bridgehead atoms. The van der Waals surface area contributed by atoms with Gasteiger partial charge in [0.25, 0.3) is 0 Å². The maximum Gasteiger partial charge on any atom is 0.407 e. The SMILES string of the molecule is COC1(OC)CC(CNC(=O)OCC2c3ccccc3-c3ccccc32)(C(=O)O)C1. The number of alkyl carbamates (subject to hydrolysis) is 1. The zero-order valence-corrected chi connectivity index (χ0v) is 17.0. The van der Waals surface area contributed by atoms with Gasteiger partial charge < -0.3 is 24.6 Å². The van der Waals surface area contributed by atoms with Crippen LogP contribution in [0.2, 0.25) is 0 Å². The fourth-order valence-electron chi connectivity index (χ4n) is 4.59. The second kappa shape index (κ2) is 7.74. The monoisotopic (exact) mass is 411 g/mol.